The number of anilines is 1. The number of benzene rings is 1. The predicted molar refractivity (Wildman–Crippen MR) is 75.2 cm³/mol. The average molecular weight is 462 g/mol. The maximum absolute atomic E-state index is 14.1. The molecule has 0 fully saturated rings. The highest BCUT2D eigenvalue weighted by atomic mass is 32.1. The molecule has 29 heavy (non-hydrogen) atoms. The molecule has 16 heteroatoms. The number of nitrogens with zero attached hydrogens (tertiary/aromatic N) is 1. The van der Waals surface area contributed by atoms with Crippen molar-refractivity contribution >= 4 is 32.6 Å². The molecule has 1 atom stereocenters. The molecule has 1 heterocycles. The van der Waals surface area contributed by atoms with E-state index >= 15 is 0 Å². The summed E-state index contributed by atoms with van der Waals surface area (Å²) < 4.78 is 143. The van der Waals surface area contributed by atoms with Gasteiger partial charge in [-0.25, -0.2) is 4.98 Å². The molecule has 0 bridgehead atoms. The smallest absolute Gasteiger partial charge is 0.297 e. The number of fused-ring (bicyclic) bond motifs is 1. The minimum Gasteiger partial charge on any atom is -0.297 e. The molecule has 0 spiro atoms. The number of thiazole rings is 1. The van der Waals surface area contributed by atoms with Crippen LogP contribution in [-0.4, -0.2) is 41.1 Å². The first-order chi connectivity index (χ1) is 12.9. The Bertz CT molecular complexity index is 875. The van der Waals surface area contributed by atoms with Crippen molar-refractivity contribution in [1.82, 2.24) is 4.98 Å². The minimum atomic E-state index is -7.25. The molecule has 0 aliphatic carbocycles. The van der Waals surface area contributed by atoms with Gasteiger partial charge in [-0.15, -0.1) is 0 Å². The van der Waals surface area contributed by atoms with Crippen LogP contribution in [0.2, 0.25) is 0 Å². The van der Waals surface area contributed by atoms with E-state index in [1.165, 1.54) is 24.3 Å². The van der Waals surface area contributed by atoms with Crippen LogP contribution in [0.15, 0.2) is 24.3 Å². The summed E-state index contributed by atoms with van der Waals surface area (Å²) in [6.45, 7) is 0. The Hall–Kier alpha value is -2.23. The Balaban J connectivity index is 2.39. The van der Waals surface area contributed by atoms with Crippen molar-refractivity contribution in [3.05, 3.63) is 24.3 Å². The normalized spacial score (nSPS) is 16.0. The molecule has 2 rings (SSSR count). The van der Waals surface area contributed by atoms with E-state index in [-0.39, 0.29) is 10.2 Å². The van der Waals surface area contributed by atoms with E-state index in [9.17, 15) is 53.1 Å². The molecule has 0 saturated heterocycles. The number of rotatable bonds is 5. The van der Waals surface area contributed by atoms with Crippen molar-refractivity contribution in [1.29, 1.82) is 0 Å². The summed E-state index contributed by atoms with van der Waals surface area (Å²) in [5.41, 5.74) is 0.0686. The molecule has 0 unspecified atom stereocenters. The molecular formula is C13H5F11N2O2S. The van der Waals surface area contributed by atoms with Crippen LogP contribution in [0.25, 0.3) is 10.2 Å². The van der Waals surface area contributed by atoms with Crippen molar-refractivity contribution in [2.75, 3.05) is 5.32 Å². The molecule has 1 aromatic carbocycles. The first-order valence-electron chi connectivity index (χ1n) is 6.87. The lowest BCUT2D eigenvalue weighted by molar-refractivity contribution is -0.472. The van der Waals surface area contributed by atoms with Gasteiger partial charge in [-0.3, -0.25) is 14.8 Å². The van der Waals surface area contributed by atoms with Crippen LogP contribution in [-0.2, 0) is 9.53 Å². The Morgan fingerprint density at radius 2 is 1.45 bits per heavy atom. The molecule has 0 aliphatic rings. The third-order valence-corrected chi connectivity index (χ3v) is 4.11. The second-order valence-corrected chi connectivity index (χ2v) is 6.26. The zero-order chi connectivity index (χ0) is 22.5. The molecule has 2 aromatic rings. The molecule has 4 nitrogen and oxygen atoms in total. The molecule has 1 N–H and O–H groups in total. The van der Waals surface area contributed by atoms with Crippen LogP contribution in [0.3, 0.4) is 0 Å². The Kier molecular flexibility index (Phi) is 5.51. The molecular weight excluding hydrogens is 457 g/mol. The number of hydrogen-bond donors (Lipinski definition) is 1. The third-order valence-electron chi connectivity index (χ3n) is 3.16. The zero-order valence-electron chi connectivity index (χ0n) is 13.1. The number of carbonyl (C=O) groups excluding carboxylic acids is 1. The monoisotopic (exact) mass is 462 g/mol. The van der Waals surface area contributed by atoms with Gasteiger partial charge in [0.05, 0.1) is 10.2 Å². The maximum atomic E-state index is 14.1. The van der Waals surface area contributed by atoms with Crippen LogP contribution in [0.5, 0.6) is 0 Å². The largest absolute Gasteiger partial charge is 0.462 e. The molecule has 1 aromatic heterocycles. The number of aromatic nitrogens is 1. The van der Waals surface area contributed by atoms with E-state index in [0.717, 1.165) is 5.32 Å². The first-order valence-corrected chi connectivity index (χ1v) is 7.69. The van der Waals surface area contributed by atoms with Gasteiger partial charge < -0.3 is 0 Å². The summed E-state index contributed by atoms with van der Waals surface area (Å²) in [4.78, 5) is 15.1. The molecule has 0 radical (unpaired) electrons. The van der Waals surface area contributed by atoms with Crippen molar-refractivity contribution < 1.29 is 57.8 Å². The molecule has 162 valence electrons. The Morgan fingerprint density at radius 3 is 1.93 bits per heavy atom. The van der Waals surface area contributed by atoms with Gasteiger partial charge in [0.1, 0.15) is 0 Å². The van der Waals surface area contributed by atoms with E-state index < -0.39 is 41.3 Å². The molecule has 0 saturated carbocycles. The number of carbonyl (C=O) groups is 1. The topological polar surface area (TPSA) is 51.2 Å². The zero-order valence-corrected chi connectivity index (χ0v) is 14.0. The number of ether oxygens (including phenoxy) is 1. The highest BCUT2D eigenvalue weighted by Gasteiger charge is 2.79. The van der Waals surface area contributed by atoms with Gasteiger partial charge in [-0.2, -0.15) is 48.3 Å². The maximum Gasteiger partial charge on any atom is 0.462 e. The van der Waals surface area contributed by atoms with Crippen molar-refractivity contribution in [3.63, 3.8) is 0 Å². The second kappa shape index (κ2) is 6.93. The summed E-state index contributed by atoms with van der Waals surface area (Å²) >= 11 is 0.432. The van der Waals surface area contributed by atoms with Crippen molar-refractivity contribution in [2.24, 2.45) is 0 Å². The van der Waals surface area contributed by atoms with E-state index in [0.29, 0.717) is 11.3 Å². The van der Waals surface area contributed by atoms with E-state index in [1.54, 1.807) is 0 Å². The third kappa shape index (κ3) is 4.08. The average Bonchev–Trinajstić information content (AvgIpc) is 2.94. The van der Waals surface area contributed by atoms with Gasteiger partial charge >= 0.3 is 36.1 Å². The lowest BCUT2D eigenvalue weighted by Gasteiger charge is -2.33. The van der Waals surface area contributed by atoms with Gasteiger partial charge in [-0.1, -0.05) is 23.5 Å². The summed E-state index contributed by atoms with van der Waals surface area (Å²) in [5, 5.41) is 0.286. The SMILES string of the molecule is O=C(Nc1nc2ccccc2s1)[C@](F)(OC(F)(F)C(F)(F)C(F)(F)F)C(F)(F)F. The number of halogens is 11. The van der Waals surface area contributed by atoms with Gasteiger partial charge in [0.15, 0.2) is 5.13 Å². The lowest BCUT2D eigenvalue weighted by Crippen LogP contribution is -2.62. The van der Waals surface area contributed by atoms with Gasteiger partial charge in [0.2, 0.25) is 0 Å². The Labute approximate surface area is 156 Å². The van der Waals surface area contributed by atoms with Gasteiger partial charge in [0, 0.05) is 0 Å². The number of nitrogens with one attached hydrogen (secondary N) is 1. The van der Waals surface area contributed by atoms with E-state index in [4.69, 9.17) is 0 Å². The predicted octanol–water partition coefficient (Wildman–Crippen LogP) is 5.27. The number of hydrogen-bond acceptors (Lipinski definition) is 4. The minimum absolute atomic E-state index is 0.0686. The standard InChI is InChI=1S/C13H5F11N2O2S/c14-9(11(17,18)19,28-13(23,24)10(15,16)12(20,21)22)7(27)26-8-25-5-3-1-2-4-6(5)29-8/h1-4H,(H,25,26,27)/t9-/m0/s1. The highest BCUT2D eigenvalue weighted by molar-refractivity contribution is 7.22. The van der Waals surface area contributed by atoms with Crippen LogP contribution >= 0.6 is 11.3 Å². The van der Waals surface area contributed by atoms with E-state index in [1.807, 2.05) is 0 Å². The van der Waals surface area contributed by atoms with E-state index in [2.05, 4.69) is 9.72 Å². The fraction of sp³-hybridized carbons (Fsp3) is 0.385. The second-order valence-electron chi connectivity index (χ2n) is 5.22. The fourth-order valence-electron chi connectivity index (χ4n) is 1.74. The van der Waals surface area contributed by atoms with Crippen LogP contribution in [0.4, 0.5) is 53.4 Å². The Morgan fingerprint density at radius 1 is 0.897 bits per heavy atom. The van der Waals surface area contributed by atoms with Crippen molar-refractivity contribution in [3.8, 4) is 0 Å². The summed E-state index contributed by atoms with van der Waals surface area (Å²) in [5.74, 6) is -16.7. The molecule has 1 amide bonds. The van der Waals surface area contributed by atoms with Gasteiger partial charge in [-0.05, 0) is 12.1 Å². The first kappa shape index (κ1) is 23.1. The lowest BCUT2D eigenvalue weighted by atomic mass is 10.2. The van der Waals surface area contributed by atoms with Gasteiger partial charge in [0.25, 0.3) is 0 Å². The molecule has 0 aliphatic heterocycles. The quantitative estimate of drug-likeness (QED) is 0.617. The number of alkyl halides is 11. The van der Waals surface area contributed by atoms with Crippen LogP contribution < -0.4 is 5.32 Å². The number of amides is 1. The number of para-hydroxylation sites is 1. The highest BCUT2D eigenvalue weighted by Crippen LogP contribution is 2.51. The van der Waals surface area contributed by atoms with Crippen molar-refractivity contribution in [2.45, 2.75) is 30.2 Å². The summed E-state index contributed by atoms with van der Waals surface area (Å²) in [7, 11) is 0. The fourth-order valence-corrected chi connectivity index (χ4v) is 2.60. The van der Waals surface area contributed by atoms with Crippen LogP contribution in [0, 0.1) is 0 Å². The summed E-state index contributed by atoms with van der Waals surface area (Å²) in [6.07, 6.45) is -21.0. The van der Waals surface area contributed by atoms with Crippen LogP contribution in [0.1, 0.15) is 0 Å². The summed E-state index contributed by atoms with van der Waals surface area (Å²) in [6, 6.07) is 5.49.